The fraction of sp³-hybridized carbons (Fsp3) is 0.231. The summed E-state index contributed by atoms with van der Waals surface area (Å²) in [5.41, 5.74) is 4.42. The van der Waals surface area contributed by atoms with E-state index in [1.807, 2.05) is 44.3 Å². The molecule has 2 rings (SSSR count). The maximum absolute atomic E-state index is 4.46. The van der Waals surface area contributed by atoms with Crippen LogP contribution in [0.2, 0.25) is 0 Å². The molecular formula is C13H14N2. The van der Waals surface area contributed by atoms with Gasteiger partial charge in [-0.15, -0.1) is 0 Å². The quantitative estimate of drug-likeness (QED) is 0.741. The van der Waals surface area contributed by atoms with Crippen LogP contribution in [0.4, 0.5) is 0 Å². The van der Waals surface area contributed by atoms with Crippen molar-refractivity contribution in [1.29, 1.82) is 0 Å². The second-order valence-electron chi connectivity index (χ2n) is 3.75. The van der Waals surface area contributed by atoms with Gasteiger partial charge in [0.05, 0.1) is 0 Å². The van der Waals surface area contributed by atoms with Gasteiger partial charge in [0, 0.05) is 29.7 Å². The van der Waals surface area contributed by atoms with E-state index < -0.39 is 0 Å². The number of nitrogens with zero attached hydrogens (tertiary/aromatic N) is 2. The summed E-state index contributed by atoms with van der Waals surface area (Å²) in [7, 11) is 0. The summed E-state index contributed by atoms with van der Waals surface area (Å²) in [6.07, 6.45) is 2.77. The zero-order valence-corrected chi connectivity index (χ0v) is 9.07. The first-order valence-corrected chi connectivity index (χ1v) is 5.08. The third-order valence-corrected chi connectivity index (χ3v) is 2.30. The molecule has 2 heterocycles. The summed E-state index contributed by atoms with van der Waals surface area (Å²) in [4.78, 5) is 8.73. The van der Waals surface area contributed by atoms with Crippen LogP contribution >= 0.6 is 0 Å². The Morgan fingerprint density at radius 2 is 1.87 bits per heavy atom. The molecule has 0 aliphatic heterocycles. The van der Waals surface area contributed by atoms with Crippen molar-refractivity contribution in [1.82, 2.24) is 9.97 Å². The molecule has 15 heavy (non-hydrogen) atoms. The Morgan fingerprint density at radius 1 is 1.00 bits per heavy atom. The first kappa shape index (κ1) is 9.84. The number of hydrogen-bond donors (Lipinski definition) is 0. The summed E-state index contributed by atoms with van der Waals surface area (Å²) >= 11 is 0. The lowest BCUT2D eigenvalue weighted by Gasteiger charge is -2.02. The molecule has 2 heteroatoms. The van der Waals surface area contributed by atoms with Crippen molar-refractivity contribution < 1.29 is 0 Å². The maximum atomic E-state index is 4.46. The number of pyridine rings is 2. The molecule has 0 aromatic carbocycles. The average Bonchev–Trinajstić information content (AvgIpc) is 2.22. The minimum atomic E-state index is 0.856. The molecule has 0 N–H and O–H groups in total. The van der Waals surface area contributed by atoms with Gasteiger partial charge in [-0.05, 0) is 37.6 Å². The molecule has 0 aliphatic carbocycles. The molecule has 76 valence electrons. The van der Waals surface area contributed by atoms with Crippen LogP contribution in [0.1, 0.15) is 22.6 Å². The van der Waals surface area contributed by atoms with E-state index in [-0.39, 0.29) is 0 Å². The van der Waals surface area contributed by atoms with Gasteiger partial charge in [-0.1, -0.05) is 12.1 Å². The van der Waals surface area contributed by atoms with Gasteiger partial charge in [0.25, 0.3) is 0 Å². The van der Waals surface area contributed by atoms with E-state index in [0.29, 0.717) is 0 Å². The van der Waals surface area contributed by atoms with Gasteiger partial charge in [0.1, 0.15) is 0 Å². The van der Waals surface area contributed by atoms with E-state index in [2.05, 4.69) is 16.0 Å². The SMILES string of the molecule is Cc1ccc(Cc2cccc(C)n2)cn1. The van der Waals surface area contributed by atoms with Crippen LogP contribution in [-0.4, -0.2) is 9.97 Å². The van der Waals surface area contributed by atoms with Crippen molar-refractivity contribution in [3.8, 4) is 0 Å². The van der Waals surface area contributed by atoms with Crippen molar-refractivity contribution in [2.75, 3.05) is 0 Å². The lowest BCUT2D eigenvalue weighted by molar-refractivity contribution is 1.02. The van der Waals surface area contributed by atoms with Gasteiger partial charge in [0.2, 0.25) is 0 Å². The van der Waals surface area contributed by atoms with E-state index in [1.165, 1.54) is 5.56 Å². The Hall–Kier alpha value is -1.70. The molecule has 2 nitrogen and oxygen atoms in total. The highest BCUT2D eigenvalue weighted by Gasteiger charge is 1.98. The third-order valence-electron chi connectivity index (χ3n) is 2.30. The molecule has 0 spiro atoms. The van der Waals surface area contributed by atoms with Gasteiger partial charge in [-0.25, -0.2) is 0 Å². The van der Waals surface area contributed by atoms with Gasteiger partial charge in [-0.3, -0.25) is 9.97 Å². The molecule has 0 unspecified atom stereocenters. The Kier molecular flexibility index (Phi) is 2.77. The second-order valence-corrected chi connectivity index (χ2v) is 3.75. The Morgan fingerprint density at radius 3 is 2.53 bits per heavy atom. The predicted molar refractivity (Wildman–Crippen MR) is 60.8 cm³/mol. The van der Waals surface area contributed by atoms with Crippen molar-refractivity contribution in [3.63, 3.8) is 0 Å². The van der Waals surface area contributed by atoms with Crippen LogP contribution in [-0.2, 0) is 6.42 Å². The fourth-order valence-electron chi connectivity index (χ4n) is 1.51. The molecule has 2 aromatic rings. The minimum absolute atomic E-state index is 0.856. The summed E-state index contributed by atoms with van der Waals surface area (Å²) < 4.78 is 0. The van der Waals surface area contributed by atoms with Gasteiger partial charge in [0.15, 0.2) is 0 Å². The normalized spacial score (nSPS) is 10.3. The first-order valence-electron chi connectivity index (χ1n) is 5.08. The van der Waals surface area contributed by atoms with E-state index in [1.54, 1.807) is 0 Å². The standard InChI is InChI=1S/C13H14N2/c1-10-6-7-12(9-14-10)8-13-5-3-4-11(2)15-13/h3-7,9H,8H2,1-2H3. The fourth-order valence-corrected chi connectivity index (χ4v) is 1.51. The summed E-state index contributed by atoms with van der Waals surface area (Å²) in [6.45, 7) is 4.01. The highest BCUT2D eigenvalue weighted by Crippen LogP contribution is 2.07. The Balaban J connectivity index is 2.18. The van der Waals surface area contributed by atoms with E-state index in [4.69, 9.17) is 0 Å². The molecule has 0 atom stereocenters. The number of aromatic nitrogens is 2. The van der Waals surface area contributed by atoms with E-state index >= 15 is 0 Å². The van der Waals surface area contributed by atoms with Crippen molar-refractivity contribution in [2.24, 2.45) is 0 Å². The molecule has 0 aliphatic rings. The average molecular weight is 198 g/mol. The summed E-state index contributed by atoms with van der Waals surface area (Å²) in [5.74, 6) is 0. The second kappa shape index (κ2) is 4.22. The lowest BCUT2D eigenvalue weighted by Crippen LogP contribution is -1.94. The first-order chi connectivity index (χ1) is 7.24. The zero-order chi connectivity index (χ0) is 10.7. The van der Waals surface area contributed by atoms with Crippen molar-refractivity contribution >= 4 is 0 Å². The van der Waals surface area contributed by atoms with E-state index in [0.717, 1.165) is 23.5 Å². The van der Waals surface area contributed by atoms with Crippen LogP contribution in [0.25, 0.3) is 0 Å². The molecule has 0 fully saturated rings. The highest BCUT2D eigenvalue weighted by atomic mass is 14.7. The van der Waals surface area contributed by atoms with Crippen molar-refractivity contribution in [3.05, 3.63) is 59.2 Å². The maximum Gasteiger partial charge on any atom is 0.0451 e. The van der Waals surface area contributed by atoms with Gasteiger partial charge >= 0.3 is 0 Å². The zero-order valence-electron chi connectivity index (χ0n) is 9.07. The number of rotatable bonds is 2. The van der Waals surface area contributed by atoms with Crippen LogP contribution < -0.4 is 0 Å². The molecule has 0 saturated heterocycles. The molecule has 0 bridgehead atoms. The Bertz CT molecular complexity index is 446. The van der Waals surface area contributed by atoms with Gasteiger partial charge < -0.3 is 0 Å². The number of aryl methyl sites for hydroxylation is 2. The van der Waals surface area contributed by atoms with E-state index in [9.17, 15) is 0 Å². The topological polar surface area (TPSA) is 25.8 Å². The molecule has 0 amide bonds. The van der Waals surface area contributed by atoms with Crippen LogP contribution in [0.3, 0.4) is 0 Å². The third kappa shape index (κ3) is 2.62. The Labute approximate surface area is 90.0 Å². The highest BCUT2D eigenvalue weighted by molar-refractivity contribution is 5.21. The summed E-state index contributed by atoms with van der Waals surface area (Å²) in [6, 6.07) is 10.2. The van der Waals surface area contributed by atoms with Crippen molar-refractivity contribution in [2.45, 2.75) is 20.3 Å². The largest absolute Gasteiger partial charge is 0.261 e. The molecule has 2 aromatic heterocycles. The monoisotopic (exact) mass is 198 g/mol. The molecule has 0 radical (unpaired) electrons. The minimum Gasteiger partial charge on any atom is -0.261 e. The summed E-state index contributed by atoms with van der Waals surface area (Å²) in [5, 5.41) is 0. The van der Waals surface area contributed by atoms with Crippen LogP contribution in [0, 0.1) is 13.8 Å². The molecule has 0 saturated carbocycles. The predicted octanol–water partition coefficient (Wildman–Crippen LogP) is 2.68. The number of hydrogen-bond acceptors (Lipinski definition) is 2. The van der Waals surface area contributed by atoms with Gasteiger partial charge in [-0.2, -0.15) is 0 Å². The van der Waals surface area contributed by atoms with Crippen LogP contribution in [0.5, 0.6) is 0 Å². The molecular weight excluding hydrogens is 184 g/mol. The smallest absolute Gasteiger partial charge is 0.0451 e. The van der Waals surface area contributed by atoms with Crippen LogP contribution in [0.15, 0.2) is 36.5 Å². The lowest BCUT2D eigenvalue weighted by atomic mass is 10.1.